The molecule has 24 heavy (non-hydrogen) atoms. The Morgan fingerprint density at radius 2 is 1.96 bits per heavy atom. The van der Waals surface area contributed by atoms with E-state index in [2.05, 4.69) is 18.7 Å². The number of hydrogen-bond donors (Lipinski definition) is 0. The maximum Gasteiger partial charge on any atom is 0.311 e. The van der Waals surface area contributed by atoms with E-state index in [-0.39, 0.29) is 17.3 Å². The Balaban J connectivity index is 2.07. The molecule has 7 heteroatoms. The lowest BCUT2D eigenvalue weighted by molar-refractivity contribution is -0.385. The zero-order valence-electron chi connectivity index (χ0n) is 14.5. The lowest BCUT2D eigenvalue weighted by Crippen LogP contribution is -2.49. The summed E-state index contributed by atoms with van der Waals surface area (Å²) >= 11 is 0. The third kappa shape index (κ3) is 4.44. The Morgan fingerprint density at radius 1 is 1.29 bits per heavy atom. The molecule has 0 unspecified atom stereocenters. The van der Waals surface area contributed by atoms with Gasteiger partial charge in [-0.15, -0.1) is 0 Å². The molecule has 7 nitrogen and oxygen atoms in total. The molecule has 0 bridgehead atoms. The molecule has 132 valence electrons. The molecule has 1 aliphatic heterocycles. The molecule has 0 aromatic heterocycles. The molecule has 0 spiro atoms. The number of nitro groups is 1. The van der Waals surface area contributed by atoms with E-state index in [9.17, 15) is 14.9 Å². The fourth-order valence-electron chi connectivity index (χ4n) is 2.90. The molecule has 1 heterocycles. The molecule has 0 radical (unpaired) electrons. The summed E-state index contributed by atoms with van der Waals surface area (Å²) in [5.41, 5.74) is 0.170. The zero-order chi connectivity index (χ0) is 17.7. The normalized spacial score (nSPS) is 15.6. The number of carbonyl (C=O) groups excluding carboxylic acids is 1. The Morgan fingerprint density at radius 3 is 2.50 bits per heavy atom. The first-order valence-electron chi connectivity index (χ1n) is 8.35. The number of piperazine rings is 1. The van der Waals surface area contributed by atoms with Crippen molar-refractivity contribution in [3.63, 3.8) is 0 Å². The second-order valence-corrected chi connectivity index (χ2v) is 6.36. The molecule has 0 saturated carbocycles. The van der Waals surface area contributed by atoms with Gasteiger partial charge in [0.2, 0.25) is 0 Å². The summed E-state index contributed by atoms with van der Waals surface area (Å²) in [5.74, 6) is 0.632. The number of ether oxygens (including phenoxy) is 1. The summed E-state index contributed by atoms with van der Waals surface area (Å²) < 4.78 is 5.26. The Labute approximate surface area is 142 Å². The third-order valence-electron chi connectivity index (χ3n) is 3.99. The molecule has 1 saturated heterocycles. The van der Waals surface area contributed by atoms with Crippen LogP contribution in [-0.2, 0) is 0 Å². The van der Waals surface area contributed by atoms with E-state index < -0.39 is 4.92 Å². The highest BCUT2D eigenvalue weighted by Crippen LogP contribution is 2.28. The van der Waals surface area contributed by atoms with E-state index in [0.717, 1.165) is 19.6 Å². The summed E-state index contributed by atoms with van der Waals surface area (Å²) in [4.78, 5) is 27.4. The number of nitrogens with zero attached hydrogens (tertiary/aromatic N) is 3. The van der Waals surface area contributed by atoms with Gasteiger partial charge in [0, 0.05) is 44.4 Å². The Bertz CT molecular complexity index is 595. The van der Waals surface area contributed by atoms with Gasteiger partial charge < -0.3 is 9.64 Å². The van der Waals surface area contributed by atoms with Crippen molar-refractivity contribution in [2.24, 2.45) is 5.92 Å². The Hall–Kier alpha value is -2.15. The van der Waals surface area contributed by atoms with Gasteiger partial charge >= 0.3 is 5.69 Å². The molecule has 1 aromatic rings. The molecule has 1 aromatic carbocycles. The number of nitro benzene ring substituents is 1. The van der Waals surface area contributed by atoms with E-state index >= 15 is 0 Å². The summed E-state index contributed by atoms with van der Waals surface area (Å²) in [6.07, 6.45) is 0. The number of amides is 1. The monoisotopic (exact) mass is 335 g/mol. The van der Waals surface area contributed by atoms with Gasteiger partial charge in [-0.25, -0.2) is 0 Å². The molecule has 0 atom stereocenters. The molecule has 2 rings (SSSR count). The maximum atomic E-state index is 12.6. The molecule has 0 N–H and O–H groups in total. The standard InChI is InChI=1S/C17H25N3O4/c1-4-24-16-6-5-14(11-15(16)20(22)23)17(21)19-9-7-18(8-10-19)12-13(2)3/h5-6,11,13H,4,7-10,12H2,1-3H3. The van der Waals surface area contributed by atoms with Crippen molar-refractivity contribution in [2.45, 2.75) is 20.8 Å². The minimum Gasteiger partial charge on any atom is -0.487 e. The quantitative estimate of drug-likeness (QED) is 0.589. The van der Waals surface area contributed by atoms with Crippen molar-refractivity contribution in [3.05, 3.63) is 33.9 Å². The topological polar surface area (TPSA) is 75.9 Å². The fourth-order valence-corrected chi connectivity index (χ4v) is 2.90. The summed E-state index contributed by atoms with van der Waals surface area (Å²) in [7, 11) is 0. The first-order valence-corrected chi connectivity index (χ1v) is 8.35. The molecule has 1 aliphatic rings. The van der Waals surface area contributed by atoms with Gasteiger partial charge in [0.05, 0.1) is 11.5 Å². The zero-order valence-corrected chi connectivity index (χ0v) is 14.5. The fraction of sp³-hybridized carbons (Fsp3) is 0.588. The van der Waals surface area contributed by atoms with Gasteiger partial charge in [-0.3, -0.25) is 19.8 Å². The minimum atomic E-state index is -0.512. The van der Waals surface area contributed by atoms with Crippen molar-refractivity contribution in [1.82, 2.24) is 9.80 Å². The average molecular weight is 335 g/mol. The van der Waals surface area contributed by atoms with Crippen molar-refractivity contribution >= 4 is 11.6 Å². The second-order valence-electron chi connectivity index (χ2n) is 6.36. The van der Waals surface area contributed by atoms with Crippen LogP contribution >= 0.6 is 0 Å². The minimum absolute atomic E-state index is 0.162. The highest BCUT2D eigenvalue weighted by atomic mass is 16.6. The van der Waals surface area contributed by atoms with Crippen LogP contribution in [0.4, 0.5) is 5.69 Å². The highest BCUT2D eigenvalue weighted by Gasteiger charge is 2.25. The second kappa shape index (κ2) is 8.10. The van der Waals surface area contributed by atoms with Crippen LogP contribution in [0.3, 0.4) is 0 Å². The number of rotatable bonds is 6. The first kappa shape index (κ1) is 18.2. The Kier molecular flexibility index (Phi) is 6.14. The smallest absolute Gasteiger partial charge is 0.311 e. The maximum absolute atomic E-state index is 12.6. The SMILES string of the molecule is CCOc1ccc(C(=O)N2CCN(CC(C)C)CC2)cc1[N+](=O)[O-]. The summed E-state index contributed by atoms with van der Waals surface area (Å²) in [6.45, 7) is 10.4. The molecular formula is C17H25N3O4. The van der Waals surface area contributed by atoms with Gasteiger partial charge in [-0.1, -0.05) is 13.8 Å². The van der Waals surface area contributed by atoms with Crippen LogP contribution in [0.2, 0.25) is 0 Å². The number of carbonyl (C=O) groups is 1. The predicted molar refractivity (Wildman–Crippen MR) is 91.4 cm³/mol. The molecule has 1 fully saturated rings. The lowest BCUT2D eigenvalue weighted by Gasteiger charge is -2.35. The van der Waals surface area contributed by atoms with E-state index in [1.54, 1.807) is 17.9 Å². The highest BCUT2D eigenvalue weighted by molar-refractivity contribution is 5.95. The number of benzene rings is 1. The third-order valence-corrected chi connectivity index (χ3v) is 3.99. The van der Waals surface area contributed by atoms with Crippen molar-refractivity contribution in [3.8, 4) is 5.75 Å². The predicted octanol–water partition coefficient (Wildman–Crippen LogP) is 2.41. The molecule has 1 amide bonds. The average Bonchev–Trinajstić information content (AvgIpc) is 2.55. The van der Waals surface area contributed by atoms with Gasteiger partial charge in [0.25, 0.3) is 5.91 Å². The van der Waals surface area contributed by atoms with Crippen LogP contribution in [0.15, 0.2) is 18.2 Å². The summed E-state index contributed by atoms with van der Waals surface area (Å²) in [6, 6.07) is 4.42. The van der Waals surface area contributed by atoms with Crippen molar-refractivity contribution in [1.29, 1.82) is 0 Å². The van der Waals surface area contributed by atoms with Crippen molar-refractivity contribution in [2.75, 3.05) is 39.3 Å². The molecule has 0 aliphatic carbocycles. The van der Waals surface area contributed by atoms with Crippen molar-refractivity contribution < 1.29 is 14.5 Å². The largest absolute Gasteiger partial charge is 0.487 e. The van der Waals surface area contributed by atoms with E-state index in [1.807, 2.05) is 0 Å². The first-order chi connectivity index (χ1) is 11.4. The van der Waals surface area contributed by atoms with Gasteiger partial charge in [-0.2, -0.15) is 0 Å². The van der Waals surface area contributed by atoms with Crippen LogP contribution in [0, 0.1) is 16.0 Å². The van der Waals surface area contributed by atoms with E-state index in [1.165, 1.54) is 12.1 Å². The van der Waals surface area contributed by atoms with Crippen LogP contribution in [0.5, 0.6) is 5.75 Å². The summed E-state index contributed by atoms with van der Waals surface area (Å²) in [5, 5.41) is 11.2. The molecular weight excluding hydrogens is 310 g/mol. The van der Waals surface area contributed by atoms with Gasteiger partial charge in [0.1, 0.15) is 0 Å². The van der Waals surface area contributed by atoms with Gasteiger partial charge in [0.15, 0.2) is 5.75 Å². The van der Waals surface area contributed by atoms with Gasteiger partial charge in [-0.05, 0) is 25.0 Å². The van der Waals surface area contributed by atoms with Crippen LogP contribution in [0.1, 0.15) is 31.1 Å². The van der Waals surface area contributed by atoms with E-state index in [0.29, 0.717) is 31.2 Å². The van der Waals surface area contributed by atoms with Crippen LogP contribution in [0.25, 0.3) is 0 Å². The number of hydrogen-bond acceptors (Lipinski definition) is 5. The van der Waals surface area contributed by atoms with Crippen LogP contribution in [-0.4, -0.2) is 60.0 Å². The van der Waals surface area contributed by atoms with E-state index in [4.69, 9.17) is 4.74 Å². The van der Waals surface area contributed by atoms with Crippen LogP contribution < -0.4 is 4.74 Å². The lowest BCUT2D eigenvalue weighted by atomic mass is 10.1.